The number of hydrogen-bond acceptors (Lipinski definition) is 3. The van der Waals surface area contributed by atoms with E-state index < -0.39 is 5.91 Å². The number of nitrogens with one attached hydrogen (secondary N) is 1. The normalized spacial score (nSPS) is 11.3. The first-order valence-corrected chi connectivity index (χ1v) is 8.94. The fourth-order valence-electron chi connectivity index (χ4n) is 2.00. The maximum absolute atomic E-state index is 12.3. The number of fused-ring (bicyclic) bond motifs is 1. The Morgan fingerprint density at radius 2 is 1.75 bits per heavy atom. The highest BCUT2D eigenvalue weighted by Crippen LogP contribution is 2.36. The molecular formula is C16H8Cl4N2OS. The van der Waals surface area contributed by atoms with Crippen molar-refractivity contribution in [3.8, 4) is 0 Å². The smallest absolute Gasteiger partial charge is 0.266 e. The third-order valence-electron chi connectivity index (χ3n) is 3.13. The summed E-state index contributed by atoms with van der Waals surface area (Å²) >= 11 is 25.3. The number of hydrogen-bond donors (Lipinski definition) is 1. The highest BCUT2D eigenvalue weighted by atomic mass is 35.5. The minimum Gasteiger partial charge on any atom is -0.266 e. The van der Waals surface area contributed by atoms with Crippen molar-refractivity contribution in [1.82, 2.24) is 5.43 Å². The van der Waals surface area contributed by atoms with Gasteiger partial charge in [0.2, 0.25) is 0 Å². The average molecular weight is 418 g/mol. The van der Waals surface area contributed by atoms with Crippen LogP contribution < -0.4 is 5.43 Å². The maximum atomic E-state index is 12.3. The quantitative estimate of drug-likeness (QED) is 0.395. The van der Waals surface area contributed by atoms with E-state index in [9.17, 15) is 4.79 Å². The minimum atomic E-state index is -0.404. The Labute approximate surface area is 161 Å². The highest BCUT2D eigenvalue weighted by Gasteiger charge is 2.16. The molecule has 122 valence electrons. The SMILES string of the molecule is O=C(N/N=C/c1ccc(Cl)cc1Cl)c1sc2cc(Cl)ccc2c1Cl. The number of halogens is 4. The van der Waals surface area contributed by atoms with E-state index in [1.165, 1.54) is 17.6 Å². The molecule has 0 unspecified atom stereocenters. The molecule has 1 amide bonds. The van der Waals surface area contributed by atoms with Gasteiger partial charge >= 0.3 is 0 Å². The second-order valence-electron chi connectivity index (χ2n) is 4.75. The fraction of sp³-hybridized carbons (Fsp3) is 0. The number of rotatable bonds is 3. The van der Waals surface area contributed by atoms with Gasteiger partial charge in [0.15, 0.2) is 0 Å². The van der Waals surface area contributed by atoms with Gasteiger partial charge in [-0.3, -0.25) is 4.79 Å². The summed E-state index contributed by atoms with van der Waals surface area (Å²) in [5.74, 6) is -0.404. The van der Waals surface area contributed by atoms with Gasteiger partial charge in [0.1, 0.15) is 4.88 Å². The van der Waals surface area contributed by atoms with Crippen molar-refractivity contribution in [3.05, 3.63) is 66.9 Å². The lowest BCUT2D eigenvalue weighted by molar-refractivity contribution is 0.0959. The standard InChI is InChI=1S/C16H8Cl4N2OS/c17-9-2-1-8(12(19)5-9)7-21-22-16(23)15-14(20)11-4-3-10(18)6-13(11)24-15/h1-7H,(H,22,23)/b21-7+. The topological polar surface area (TPSA) is 41.5 Å². The number of carbonyl (C=O) groups is 1. The van der Waals surface area contributed by atoms with E-state index in [0.717, 1.165) is 10.1 Å². The predicted molar refractivity (Wildman–Crippen MR) is 103 cm³/mol. The molecule has 0 bridgehead atoms. The summed E-state index contributed by atoms with van der Waals surface area (Å²) in [7, 11) is 0. The molecule has 0 aliphatic rings. The Morgan fingerprint density at radius 3 is 2.50 bits per heavy atom. The van der Waals surface area contributed by atoms with Crippen molar-refractivity contribution >= 4 is 79.9 Å². The lowest BCUT2D eigenvalue weighted by atomic mass is 10.2. The summed E-state index contributed by atoms with van der Waals surface area (Å²) in [4.78, 5) is 12.6. The Bertz CT molecular complexity index is 968. The molecule has 1 aromatic heterocycles. The van der Waals surface area contributed by atoms with Gasteiger partial charge in [0.25, 0.3) is 5.91 Å². The Hall–Kier alpha value is -1.30. The van der Waals surface area contributed by atoms with Gasteiger partial charge in [0.05, 0.1) is 16.3 Å². The molecule has 0 radical (unpaired) electrons. The first kappa shape index (κ1) is 17.5. The van der Waals surface area contributed by atoms with Crippen molar-refractivity contribution in [1.29, 1.82) is 0 Å². The van der Waals surface area contributed by atoms with Crippen LogP contribution in [0.1, 0.15) is 15.2 Å². The summed E-state index contributed by atoms with van der Waals surface area (Å²) in [5, 5.41) is 6.62. The van der Waals surface area contributed by atoms with Gasteiger partial charge in [-0.05, 0) is 24.3 Å². The summed E-state index contributed by atoms with van der Waals surface area (Å²) < 4.78 is 0.836. The molecule has 3 aromatic rings. The number of amides is 1. The van der Waals surface area contributed by atoms with Gasteiger partial charge in [-0.2, -0.15) is 5.10 Å². The summed E-state index contributed by atoms with van der Waals surface area (Å²) in [6, 6.07) is 10.3. The molecule has 1 N–H and O–H groups in total. The molecule has 3 rings (SSSR count). The molecular weight excluding hydrogens is 410 g/mol. The Morgan fingerprint density at radius 1 is 1.04 bits per heavy atom. The molecule has 3 nitrogen and oxygen atoms in total. The zero-order chi connectivity index (χ0) is 17.3. The second kappa shape index (κ2) is 7.30. The zero-order valence-electron chi connectivity index (χ0n) is 11.8. The first-order valence-electron chi connectivity index (χ1n) is 6.61. The summed E-state index contributed by atoms with van der Waals surface area (Å²) in [5.41, 5.74) is 3.07. The van der Waals surface area contributed by atoms with E-state index in [0.29, 0.717) is 30.5 Å². The molecule has 24 heavy (non-hydrogen) atoms. The molecule has 0 saturated carbocycles. The van der Waals surface area contributed by atoms with Crippen LogP contribution in [0.4, 0.5) is 0 Å². The van der Waals surface area contributed by atoms with Crippen LogP contribution in [0.5, 0.6) is 0 Å². The molecule has 0 aliphatic heterocycles. The van der Waals surface area contributed by atoms with Crippen molar-refractivity contribution in [2.24, 2.45) is 5.10 Å². The van der Waals surface area contributed by atoms with Crippen LogP contribution in [0.3, 0.4) is 0 Å². The van der Waals surface area contributed by atoms with Crippen LogP contribution >= 0.6 is 57.7 Å². The number of nitrogens with zero attached hydrogens (tertiary/aromatic N) is 1. The van der Waals surface area contributed by atoms with Gasteiger partial charge in [-0.1, -0.05) is 58.5 Å². The highest BCUT2D eigenvalue weighted by molar-refractivity contribution is 7.21. The van der Waals surface area contributed by atoms with Gasteiger partial charge < -0.3 is 0 Å². The predicted octanol–water partition coefficient (Wildman–Crippen LogP) is 6.28. The van der Waals surface area contributed by atoms with Crippen LogP contribution in [-0.2, 0) is 0 Å². The number of benzene rings is 2. The molecule has 0 spiro atoms. The third-order valence-corrected chi connectivity index (χ3v) is 5.58. The molecule has 0 fully saturated rings. The van der Waals surface area contributed by atoms with E-state index in [4.69, 9.17) is 46.4 Å². The van der Waals surface area contributed by atoms with E-state index in [1.54, 1.807) is 36.4 Å². The fourth-order valence-corrected chi connectivity index (χ4v) is 4.14. The van der Waals surface area contributed by atoms with E-state index in [1.807, 2.05) is 0 Å². The van der Waals surface area contributed by atoms with Crippen LogP contribution in [0.15, 0.2) is 41.5 Å². The number of carbonyl (C=O) groups excluding carboxylic acids is 1. The number of hydrazone groups is 1. The van der Waals surface area contributed by atoms with Crippen molar-refractivity contribution in [2.75, 3.05) is 0 Å². The number of thiophene rings is 1. The Balaban J connectivity index is 1.80. The van der Waals surface area contributed by atoms with Crippen LogP contribution in [0.2, 0.25) is 20.1 Å². The monoisotopic (exact) mass is 416 g/mol. The van der Waals surface area contributed by atoms with E-state index >= 15 is 0 Å². The molecule has 0 aliphatic carbocycles. The molecule has 8 heteroatoms. The third kappa shape index (κ3) is 3.68. The van der Waals surface area contributed by atoms with E-state index in [-0.39, 0.29) is 0 Å². The molecule has 0 saturated heterocycles. The molecule has 2 aromatic carbocycles. The van der Waals surface area contributed by atoms with Gasteiger partial charge in [-0.15, -0.1) is 11.3 Å². The molecule has 1 heterocycles. The lowest BCUT2D eigenvalue weighted by Crippen LogP contribution is -2.16. The minimum absolute atomic E-state index is 0.369. The van der Waals surface area contributed by atoms with Crippen LogP contribution in [-0.4, -0.2) is 12.1 Å². The van der Waals surface area contributed by atoms with Gasteiger partial charge in [0, 0.05) is 25.7 Å². The molecule has 0 atom stereocenters. The maximum Gasteiger partial charge on any atom is 0.283 e. The summed E-state index contributed by atoms with van der Waals surface area (Å²) in [6.45, 7) is 0. The van der Waals surface area contributed by atoms with Crippen molar-refractivity contribution in [2.45, 2.75) is 0 Å². The second-order valence-corrected chi connectivity index (χ2v) is 7.46. The lowest BCUT2D eigenvalue weighted by Gasteiger charge is -1.99. The van der Waals surface area contributed by atoms with Gasteiger partial charge in [-0.25, -0.2) is 5.43 Å². The van der Waals surface area contributed by atoms with Crippen LogP contribution in [0, 0.1) is 0 Å². The van der Waals surface area contributed by atoms with Crippen molar-refractivity contribution in [3.63, 3.8) is 0 Å². The van der Waals surface area contributed by atoms with E-state index in [2.05, 4.69) is 10.5 Å². The first-order chi connectivity index (χ1) is 11.5. The zero-order valence-corrected chi connectivity index (χ0v) is 15.7. The average Bonchev–Trinajstić information content (AvgIpc) is 2.85. The largest absolute Gasteiger partial charge is 0.283 e. The van der Waals surface area contributed by atoms with Crippen molar-refractivity contribution < 1.29 is 4.79 Å². The summed E-state index contributed by atoms with van der Waals surface area (Å²) in [6.07, 6.45) is 1.44. The Kier molecular flexibility index (Phi) is 5.33. The van der Waals surface area contributed by atoms with Crippen LogP contribution in [0.25, 0.3) is 10.1 Å².